The van der Waals surface area contributed by atoms with E-state index in [0.717, 1.165) is 48.6 Å². The summed E-state index contributed by atoms with van der Waals surface area (Å²) in [6.07, 6.45) is 10.7. The third-order valence-corrected chi connectivity index (χ3v) is 6.96. The zero-order valence-electron chi connectivity index (χ0n) is 18.4. The van der Waals surface area contributed by atoms with Crippen LogP contribution in [0.4, 0.5) is 23.6 Å². The fourth-order valence-corrected chi connectivity index (χ4v) is 5.31. The van der Waals surface area contributed by atoms with Gasteiger partial charge < -0.3 is 14.6 Å². The second-order valence-electron chi connectivity index (χ2n) is 9.05. The minimum absolute atomic E-state index is 0.0978. The highest BCUT2D eigenvalue weighted by Gasteiger charge is 2.34. The Morgan fingerprint density at radius 1 is 1.12 bits per heavy atom. The lowest BCUT2D eigenvalue weighted by molar-refractivity contribution is -0.117. The quantitative estimate of drug-likeness (QED) is 0.518. The number of H-pyrrole nitrogens is 1. The molecule has 1 saturated heterocycles. The molecule has 6 rings (SSSR count). The summed E-state index contributed by atoms with van der Waals surface area (Å²) in [5, 5.41) is 21.2. The Balaban J connectivity index is 1.25. The Kier molecular flexibility index (Phi) is 5.16. The molecule has 0 spiro atoms. The van der Waals surface area contributed by atoms with Crippen molar-refractivity contribution in [2.24, 2.45) is 0 Å². The molecule has 11 heteroatoms. The van der Waals surface area contributed by atoms with Crippen LogP contribution < -0.4 is 15.5 Å². The lowest BCUT2D eigenvalue weighted by Crippen LogP contribution is -2.40. The molecule has 2 aliphatic carbocycles. The number of nitrogens with one attached hydrogen (secondary N) is 3. The van der Waals surface area contributed by atoms with Gasteiger partial charge in [-0.15, -0.1) is 5.10 Å². The van der Waals surface area contributed by atoms with E-state index in [9.17, 15) is 4.79 Å². The molecule has 1 aliphatic heterocycles. The number of amides is 1. The van der Waals surface area contributed by atoms with Gasteiger partial charge in [-0.3, -0.25) is 15.2 Å². The first kappa shape index (κ1) is 20.1. The molecule has 0 unspecified atom stereocenters. The van der Waals surface area contributed by atoms with Gasteiger partial charge in [0, 0.05) is 29.8 Å². The minimum Gasteiger partial charge on any atom is -0.411 e. The first-order chi connectivity index (χ1) is 16.2. The van der Waals surface area contributed by atoms with Gasteiger partial charge in [0.1, 0.15) is 11.9 Å². The van der Waals surface area contributed by atoms with E-state index in [-0.39, 0.29) is 18.0 Å². The molecule has 3 aliphatic rings. The molecule has 0 radical (unpaired) electrons. The number of aryl methyl sites for hydroxylation is 1. The predicted octanol–water partition coefficient (Wildman–Crippen LogP) is 3.08. The molecule has 2 fully saturated rings. The van der Waals surface area contributed by atoms with Crippen molar-refractivity contribution < 1.29 is 9.21 Å². The first-order valence-electron chi connectivity index (χ1n) is 11.8. The molecule has 1 amide bonds. The average molecular weight is 450 g/mol. The normalized spacial score (nSPS) is 20.4. The SMILES string of the molecule is O=C(Nc1nnco1)[C@H]1CCCN1c1nc2c(c(Nc3cc(C4CCCC4)[nH]n3)n1)CCC2. The average Bonchev–Trinajstić information content (AvgIpc) is 3.64. The number of rotatable bonds is 6. The van der Waals surface area contributed by atoms with Crippen molar-refractivity contribution in [1.29, 1.82) is 0 Å². The number of anilines is 4. The van der Waals surface area contributed by atoms with Gasteiger partial charge in [0.15, 0.2) is 5.82 Å². The number of hydrogen-bond acceptors (Lipinski definition) is 9. The van der Waals surface area contributed by atoms with E-state index < -0.39 is 0 Å². The molecule has 0 aromatic carbocycles. The van der Waals surface area contributed by atoms with Gasteiger partial charge in [0.05, 0.1) is 5.69 Å². The van der Waals surface area contributed by atoms with Crippen LogP contribution in [0.2, 0.25) is 0 Å². The summed E-state index contributed by atoms with van der Waals surface area (Å²) in [7, 11) is 0. The molecular formula is C22H27N9O2. The van der Waals surface area contributed by atoms with Crippen LogP contribution in [0.3, 0.4) is 0 Å². The zero-order valence-corrected chi connectivity index (χ0v) is 18.4. The molecule has 4 heterocycles. The third-order valence-electron chi connectivity index (χ3n) is 6.96. The Morgan fingerprint density at radius 3 is 2.88 bits per heavy atom. The van der Waals surface area contributed by atoms with Gasteiger partial charge in [-0.05, 0) is 44.9 Å². The second-order valence-corrected chi connectivity index (χ2v) is 9.05. The van der Waals surface area contributed by atoms with Gasteiger partial charge >= 0.3 is 6.01 Å². The third kappa shape index (κ3) is 3.91. The Labute approximate surface area is 190 Å². The molecule has 33 heavy (non-hydrogen) atoms. The maximum atomic E-state index is 12.9. The van der Waals surface area contributed by atoms with E-state index in [0.29, 0.717) is 24.8 Å². The fraction of sp³-hybridized carbons (Fsp3) is 0.545. The number of fused-ring (bicyclic) bond motifs is 1. The van der Waals surface area contributed by atoms with Crippen LogP contribution >= 0.6 is 0 Å². The monoisotopic (exact) mass is 449 g/mol. The summed E-state index contributed by atoms with van der Waals surface area (Å²) >= 11 is 0. The van der Waals surface area contributed by atoms with Crippen molar-refractivity contribution in [2.45, 2.75) is 69.7 Å². The van der Waals surface area contributed by atoms with Crippen molar-refractivity contribution >= 4 is 29.5 Å². The molecule has 0 bridgehead atoms. The van der Waals surface area contributed by atoms with Gasteiger partial charge in [0.25, 0.3) is 5.91 Å². The number of aromatic amines is 1. The topological polar surface area (TPSA) is 138 Å². The molecule has 3 N–H and O–H groups in total. The van der Waals surface area contributed by atoms with E-state index in [1.54, 1.807) is 0 Å². The smallest absolute Gasteiger partial charge is 0.322 e. The van der Waals surface area contributed by atoms with E-state index in [2.05, 4.69) is 37.1 Å². The number of nitrogens with zero attached hydrogens (tertiary/aromatic N) is 6. The van der Waals surface area contributed by atoms with Crippen LogP contribution in [-0.2, 0) is 17.6 Å². The number of carbonyl (C=O) groups excluding carboxylic acids is 1. The Morgan fingerprint density at radius 2 is 2.03 bits per heavy atom. The van der Waals surface area contributed by atoms with Crippen molar-refractivity contribution in [3.8, 4) is 0 Å². The first-order valence-corrected chi connectivity index (χ1v) is 11.8. The summed E-state index contributed by atoms with van der Waals surface area (Å²) in [5.41, 5.74) is 3.39. The predicted molar refractivity (Wildman–Crippen MR) is 120 cm³/mol. The van der Waals surface area contributed by atoms with Crippen LogP contribution in [0.25, 0.3) is 0 Å². The van der Waals surface area contributed by atoms with Crippen molar-refractivity contribution in [2.75, 3.05) is 22.1 Å². The molecular weight excluding hydrogens is 422 g/mol. The second kappa shape index (κ2) is 8.45. The highest BCUT2D eigenvalue weighted by atomic mass is 16.4. The summed E-state index contributed by atoms with van der Waals surface area (Å²) in [6, 6.07) is 1.82. The van der Waals surface area contributed by atoms with E-state index in [1.165, 1.54) is 37.8 Å². The van der Waals surface area contributed by atoms with Crippen LogP contribution in [0.5, 0.6) is 0 Å². The lowest BCUT2D eigenvalue weighted by Gasteiger charge is -2.24. The zero-order chi connectivity index (χ0) is 22.2. The highest BCUT2D eigenvalue weighted by molar-refractivity contribution is 5.95. The van der Waals surface area contributed by atoms with Crippen LogP contribution in [0.15, 0.2) is 16.9 Å². The summed E-state index contributed by atoms with van der Waals surface area (Å²) < 4.78 is 5.07. The summed E-state index contributed by atoms with van der Waals surface area (Å²) in [4.78, 5) is 24.6. The van der Waals surface area contributed by atoms with Crippen molar-refractivity contribution in [3.05, 3.63) is 29.4 Å². The van der Waals surface area contributed by atoms with Crippen molar-refractivity contribution in [1.82, 2.24) is 30.4 Å². The largest absolute Gasteiger partial charge is 0.411 e. The van der Waals surface area contributed by atoms with Gasteiger partial charge in [-0.1, -0.05) is 17.9 Å². The van der Waals surface area contributed by atoms with Gasteiger partial charge in [0.2, 0.25) is 12.3 Å². The fourth-order valence-electron chi connectivity index (χ4n) is 5.31. The van der Waals surface area contributed by atoms with E-state index >= 15 is 0 Å². The van der Waals surface area contributed by atoms with Crippen molar-refractivity contribution in [3.63, 3.8) is 0 Å². The van der Waals surface area contributed by atoms with Gasteiger partial charge in [-0.2, -0.15) is 10.1 Å². The highest BCUT2D eigenvalue weighted by Crippen LogP contribution is 2.35. The number of aromatic nitrogens is 6. The summed E-state index contributed by atoms with van der Waals surface area (Å²) in [6.45, 7) is 0.717. The minimum atomic E-state index is -0.386. The Hall–Kier alpha value is -3.50. The van der Waals surface area contributed by atoms with Gasteiger partial charge in [-0.25, -0.2) is 4.98 Å². The Bertz CT molecular complexity index is 1140. The molecule has 11 nitrogen and oxygen atoms in total. The van der Waals surface area contributed by atoms with Crippen LogP contribution in [-0.4, -0.2) is 48.9 Å². The standard InChI is InChI=1S/C22H27N9O2/c32-20(27-22-30-23-12-33-22)17-9-4-10-31(17)21-24-15-8-3-7-14(15)19(26-21)25-18-11-16(28-29-18)13-5-1-2-6-13/h11-13,17H,1-10H2,(H,27,30,32)(H2,24,25,26,28,29)/t17-/m1/s1. The van der Waals surface area contributed by atoms with E-state index in [4.69, 9.17) is 14.4 Å². The van der Waals surface area contributed by atoms with Crippen LogP contribution in [0, 0.1) is 0 Å². The van der Waals surface area contributed by atoms with E-state index in [1.807, 2.05) is 4.90 Å². The molecule has 172 valence electrons. The number of hydrogen-bond donors (Lipinski definition) is 3. The lowest BCUT2D eigenvalue weighted by atomic mass is 10.0. The van der Waals surface area contributed by atoms with Crippen LogP contribution in [0.1, 0.15) is 67.8 Å². The summed E-state index contributed by atoms with van der Waals surface area (Å²) in [5.74, 6) is 2.53. The molecule has 1 atom stereocenters. The molecule has 3 aromatic rings. The maximum absolute atomic E-state index is 12.9. The molecule has 1 saturated carbocycles. The number of carbonyl (C=O) groups is 1. The maximum Gasteiger partial charge on any atom is 0.322 e. The molecule has 3 aromatic heterocycles.